The lowest BCUT2D eigenvalue weighted by molar-refractivity contribution is 0.592. The molecule has 2 aromatic heterocycles. The second-order valence-corrected chi connectivity index (χ2v) is 13.3. The smallest absolute Gasteiger partial charge is 0.171 e. The Labute approximate surface area is 243 Å². The number of aromatic nitrogens is 2. The zero-order chi connectivity index (χ0) is 28.1. The third-order valence-electron chi connectivity index (χ3n) is 8.16. The van der Waals surface area contributed by atoms with Crippen molar-refractivity contribution in [3.63, 3.8) is 0 Å². The SMILES string of the molecule is O=P(c1ccccc1)(c1ccccc1)c1ccc(-c2nc3ccccc3c3c4ccccc4c4ncccc4c23)cc1. The van der Waals surface area contributed by atoms with E-state index in [2.05, 4.69) is 60.7 Å². The Morgan fingerprint density at radius 1 is 0.452 bits per heavy atom. The average Bonchev–Trinajstić information content (AvgIpc) is 3.08. The van der Waals surface area contributed by atoms with E-state index in [0.717, 1.165) is 65.1 Å². The van der Waals surface area contributed by atoms with Crippen LogP contribution in [0.1, 0.15) is 0 Å². The van der Waals surface area contributed by atoms with Gasteiger partial charge in [0.2, 0.25) is 0 Å². The predicted molar refractivity (Wildman–Crippen MR) is 177 cm³/mol. The summed E-state index contributed by atoms with van der Waals surface area (Å²) in [5.41, 5.74) is 3.78. The van der Waals surface area contributed by atoms with Crippen LogP contribution in [0.4, 0.5) is 0 Å². The first-order chi connectivity index (χ1) is 20.7. The van der Waals surface area contributed by atoms with E-state index in [1.807, 2.05) is 91.1 Å². The Hall–Kier alpha value is -5.11. The monoisotopic (exact) mass is 556 g/mol. The molecule has 0 unspecified atom stereocenters. The molecular weight excluding hydrogens is 531 g/mol. The Morgan fingerprint density at radius 3 is 1.69 bits per heavy atom. The highest BCUT2D eigenvalue weighted by Crippen LogP contribution is 2.44. The van der Waals surface area contributed by atoms with Gasteiger partial charge in [-0.05, 0) is 17.5 Å². The summed E-state index contributed by atoms with van der Waals surface area (Å²) < 4.78 is 15.0. The average molecular weight is 557 g/mol. The van der Waals surface area contributed by atoms with Crippen molar-refractivity contribution in [1.29, 1.82) is 0 Å². The molecule has 0 N–H and O–H groups in total. The fourth-order valence-electron chi connectivity index (χ4n) is 6.24. The maximum Gasteiger partial charge on any atom is 0.171 e. The van der Waals surface area contributed by atoms with Crippen molar-refractivity contribution in [2.45, 2.75) is 0 Å². The quantitative estimate of drug-likeness (QED) is 0.162. The molecule has 0 spiro atoms. The number of fused-ring (bicyclic) bond motifs is 8. The van der Waals surface area contributed by atoms with Crippen molar-refractivity contribution in [1.82, 2.24) is 9.97 Å². The lowest BCUT2D eigenvalue weighted by Crippen LogP contribution is -2.24. The van der Waals surface area contributed by atoms with Crippen LogP contribution >= 0.6 is 7.14 Å². The number of pyridine rings is 2. The molecule has 0 atom stereocenters. The minimum absolute atomic E-state index is 0.797. The van der Waals surface area contributed by atoms with Gasteiger partial charge in [-0.15, -0.1) is 0 Å². The summed E-state index contributed by atoms with van der Waals surface area (Å²) >= 11 is 0. The van der Waals surface area contributed by atoms with E-state index in [9.17, 15) is 4.57 Å². The molecule has 0 aliphatic carbocycles. The van der Waals surface area contributed by atoms with Crippen molar-refractivity contribution < 1.29 is 4.57 Å². The molecule has 42 heavy (non-hydrogen) atoms. The van der Waals surface area contributed by atoms with Gasteiger partial charge in [0.1, 0.15) is 0 Å². The molecule has 6 aromatic carbocycles. The van der Waals surface area contributed by atoms with E-state index in [1.165, 1.54) is 5.39 Å². The van der Waals surface area contributed by atoms with Gasteiger partial charge < -0.3 is 4.57 Å². The van der Waals surface area contributed by atoms with Crippen LogP contribution in [0.25, 0.3) is 54.6 Å². The van der Waals surface area contributed by atoms with Gasteiger partial charge in [0, 0.05) is 54.6 Å². The standard InChI is InChI=1S/C38H25N2OP/c41-42(27-12-3-1-4-13-27,28-14-5-2-6-15-28)29-23-21-26(22-24-29)37-36-33-19-11-25-39-38(33)31-17-8-7-16-30(31)35(36)32-18-9-10-20-34(32)40-37/h1-25H. The summed E-state index contributed by atoms with van der Waals surface area (Å²) in [5, 5.41) is 9.18. The van der Waals surface area contributed by atoms with Crippen LogP contribution in [0.3, 0.4) is 0 Å². The Balaban J connectivity index is 1.42. The number of rotatable bonds is 4. The van der Waals surface area contributed by atoms with Crippen molar-refractivity contribution in [2.24, 2.45) is 0 Å². The molecule has 0 aliphatic heterocycles. The fraction of sp³-hybridized carbons (Fsp3) is 0. The van der Waals surface area contributed by atoms with E-state index >= 15 is 0 Å². The molecule has 4 heteroatoms. The Morgan fingerprint density at radius 2 is 1.00 bits per heavy atom. The number of hydrogen-bond donors (Lipinski definition) is 0. The van der Waals surface area contributed by atoms with Crippen LogP contribution in [0.5, 0.6) is 0 Å². The molecule has 0 fully saturated rings. The lowest BCUT2D eigenvalue weighted by atomic mass is 9.92. The maximum atomic E-state index is 15.0. The third-order valence-corrected chi connectivity index (χ3v) is 11.2. The van der Waals surface area contributed by atoms with Crippen LogP contribution in [0.15, 0.2) is 152 Å². The normalized spacial score (nSPS) is 11.9. The van der Waals surface area contributed by atoms with Crippen LogP contribution in [0, 0.1) is 0 Å². The van der Waals surface area contributed by atoms with Crippen molar-refractivity contribution >= 4 is 66.4 Å². The number of hydrogen-bond acceptors (Lipinski definition) is 3. The van der Waals surface area contributed by atoms with Crippen LogP contribution in [0.2, 0.25) is 0 Å². The van der Waals surface area contributed by atoms with Gasteiger partial charge in [-0.3, -0.25) is 4.98 Å². The van der Waals surface area contributed by atoms with E-state index in [0.29, 0.717) is 0 Å². The van der Waals surface area contributed by atoms with E-state index in [-0.39, 0.29) is 0 Å². The molecule has 0 aliphatic rings. The molecule has 8 rings (SSSR count). The first-order valence-electron chi connectivity index (χ1n) is 14.0. The third kappa shape index (κ3) is 3.71. The van der Waals surface area contributed by atoms with Gasteiger partial charge in [-0.25, -0.2) is 4.98 Å². The Kier molecular flexibility index (Phi) is 5.73. The van der Waals surface area contributed by atoms with Gasteiger partial charge in [0.25, 0.3) is 0 Å². The van der Waals surface area contributed by atoms with Crippen LogP contribution in [-0.2, 0) is 4.57 Å². The minimum atomic E-state index is -3.08. The summed E-state index contributed by atoms with van der Waals surface area (Å²) in [6, 6.07) is 48.7. The molecule has 8 aromatic rings. The lowest BCUT2D eigenvalue weighted by Gasteiger charge is -2.20. The first-order valence-corrected chi connectivity index (χ1v) is 15.7. The molecule has 0 saturated heterocycles. The van der Waals surface area contributed by atoms with Crippen LogP contribution in [-0.4, -0.2) is 9.97 Å². The maximum absolute atomic E-state index is 15.0. The predicted octanol–water partition coefficient (Wildman–Crippen LogP) is 8.40. The summed E-state index contributed by atoms with van der Waals surface area (Å²) in [5.74, 6) is 0. The summed E-state index contributed by atoms with van der Waals surface area (Å²) in [7, 11) is -3.08. The highest BCUT2D eigenvalue weighted by molar-refractivity contribution is 7.85. The molecule has 3 nitrogen and oxygen atoms in total. The van der Waals surface area contributed by atoms with E-state index in [4.69, 9.17) is 9.97 Å². The summed E-state index contributed by atoms with van der Waals surface area (Å²) in [6.45, 7) is 0. The largest absolute Gasteiger partial charge is 0.309 e. The second-order valence-electron chi connectivity index (χ2n) is 10.5. The molecule has 0 bridgehead atoms. The molecule has 198 valence electrons. The van der Waals surface area contributed by atoms with Gasteiger partial charge in [0.15, 0.2) is 7.14 Å². The molecule has 0 amide bonds. The molecule has 0 radical (unpaired) electrons. The van der Waals surface area contributed by atoms with E-state index in [1.54, 1.807) is 0 Å². The Bertz CT molecular complexity index is 2270. The molecule has 2 heterocycles. The van der Waals surface area contributed by atoms with E-state index < -0.39 is 7.14 Å². The zero-order valence-electron chi connectivity index (χ0n) is 22.7. The topological polar surface area (TPSA) is 42.9 Å². The minimum Gasteiger partial charge on any atom is -0.309 e. The molecule has 0 saturated carbocycles. The highest BCUT2D eigenvalue weighted by atomic mass is 31.2. The van der Waals surface area contributed by atoms with Crippen molar-refractivity contribution in [3.05, 3.63) is 152 Å². The number of para-hydroxylation sites is 1. The summed E-state index contributed by atoms with van der Waals surface area (Å²) in [4.78, 5) is 10.1. The second kappa shape index (κ2) is 9.76. The first kappa shape index (κ1) is 24.7. The van der Waals surface area contributed by atoms with Gasteiger partial charge >= 0.3 is 0 Å². The number of nitrogens with zero attached hydrogens (tertiary/aromatic N) is 2. The van der Waals surface area contributed by atoms with Gasteiger partial charge in [0.05, 0.1) is 16.7 Å². The highest BCUT2D eigenvalue weighted by Gasteiger charge is 2.29. The van der Waals surface area contributed by atoms with Crippen LogP contribution < -0.4 is 15.9 Å². The van der Waals surface area contributed by atoms with Crippen molar-refractivity contribution in [2.75, 3.05) is 0 Å². The van der Waals surface area contributed by atoms with Gasteiger partial charge in [-0.2, -0.15) is 0 Å². The van der Waals surface area contributed by atoms with Crippen molar-refractivity contribution in [3.8, 4) is 11.3 Å². The zero-order valence-corrected chi connectivity index (χ0v) is 23.6. The summed E-state index contributed by atoms with van der Waals surface area (Å²) in [6.07, 6.45) is 1.86. The van der Waals surface area contributed by atoms with Gasteiger partial charge in [-0.1, -0.05) is 133 Å². The number of benzene rings is 6. The molecular formula is C38H25N2OP. The fourth-order valence-corrected chi connectivity index (χ4v) is 8.89.